The zero-order valence-electron chi connectivity index (χ0n) is 13.1. The average molecular weight is 347 g/mol. The number of aliphatic hydroxyl groups is 1. The largest absolute Gasteiger partial charge is 0.396 e. The second-order valence-electron chi connectivity index (χ2n) is 6.15. The summed E-state index contributed by atoms with van der Waals surface area (Å²) >= 11 is 6.14. The van der Waals surface area contributed by atoms with Gasteiger partial charge in [-0.05, 0) is 62.8 Å². The van der Waals surface area contributed by atoms with Crippen molar-refractivity contribution in [3.8, 4) is 0 Å². The minimum absolute atomic E-state index is 0. The summed E-state index contributed by atoms with van der Waals surface area (Å²) in [4.78, 5) is 0. The van der Waals surface area contributed by atoms with Gasteiger partial charge in [0.1, 0.15) is 0 Å². The van der Waals surface area contributed by atoms with Crippen LogP contribution in [0.15, 0.2) is 24.3 Å². The highest BCUT2D eigenvalue weighted by Gasteiger charge is 2.35. The molecular weight excluding hydrogens is 319 g/mol. The van der Waals surface area contributed by atoms with Gasteiger partial charge in [0.05, 0.1) is 0 Å². The Morgan fingerprint density at radius 3 is 2.59 bits per heavy atom. The van der Waals surface area contributed by atoms with Crippen molar-refractivity contribution >= 4 is 24.0 Å². The summed E-state index contributed by atoms with van der Waals surface area (Å²) in [6.45, 7) is 1.97. The molecule has 0 bridgehead atoms. The van der Waals surface area contributed by atoms with Crippen LogP contribution in [0.4, 0.5) is 0 Å². The van der Waals surface area contributed by atoms with Gasteiger partial charge in [0.15, 0.2) is 0 Å². The number of hydrogen-bond acceptors (Lipinski definition) is 3. The minimum Gasteiger partial charge on any atom is -0.396 e. The van der Waals surface area contributed by atoms with Gasteiger partial charge in [-0.25, -0.2) is 0 Å². The smallest absolute Gasteiger partial charge is 0.0431 e. The summed E-state index contributed by atoms with van der Waals surface area (Å²) in [6, 6.07) is 8.76. The Hall–Kier alpha value is -0.320. The van der Waals surface area contributed by atoms with Gasteiger partial charge in [-0.1, -0.05) is 23.7 Å². The molecule has 0 spiro atoms. The van der Waals surface area contributed by atoms with Gasteiger partial charge < -0.3 is 16.2 Å². The lowest BCUT2D eigenvalue weighted by molar-refractivity contribution is 0.246. The van der Waals surface area contributed by atoms with E-state index in [-0.39, 0.29) is 24.4 Å². The molecule has 0 atom stereocenters. The number of unbranched alkanes of at least 4 members (excludes halogenated alkanes) is 1. The van der Waals surface area contributed by atoms with Crippen molar-refractivity contribution in [2.45, 2.75) is 50.0 Å². The summed E-state index contributed by atoms with van der Waals surface area (Å²) in [5.74, 6) is 0. The molecule has 0 aromatic heterocycles. The van der Waals surface area contributed by atoms with Crippen LogP contribution < -0.4 is 11.1 Å². The molecule has 126 valence electrons. The molecule has 1 fully saturated rings. The number of halogens is 2. The molecule has 5 heteroatoms. The van der Waals surface area contributed by atoms with E-state index in [4.69, 9.17) is 22.4 Å². The van der Waals surface area contributed by atoms with E-state index in [0.29, 0.717) is 12.6 Å². The number of hydrogen-bond donors (Lipinski definition) is 3. The van der Waals surface area contributed by atoms with E-state index in [0.717, 1.165) is 50.1 Å². The molecule has 1 aliphatic carbocycles. The summed E-state index contributed by atoms with van der Waals surface area (Å²) in [6.07, 6.45) is 6.47. The van der Waals surface area contributed by atoms with Gasteiger partial charge in [0.25, 0.3) is 0 Å². The van der Waals surface area contributed by atoms with Crippen LogP contribution in [0.2, 0.25) is 5.02 Å². The normalized spacial score (nSPS) is 24.8. The zero-order valence-corrected chi connectivity index (χ0v) is 14.6. The highest BCUT2D eigenvalue weighted by atomic mass is 35.5. The SMILES string of the molecule is Cl.NC[C@]1(c2cccc(Cl)c2)CC[C@H](NCCCCO)CC1. The third-order valence-electron chi connectivity index (χ3n) is 4.79. The molecule has 0 aliphatic heterocycles. The quantitative estimate of drug-likeness (QED) is 0.664. The maximum atomic E-state index is 8.80. The Morgan fingerprint density at radius 1 is 1.27 bits per heavy atom. The summed E-state index contributed by atoms with van der Waals surface area (Å²) in [7, 11) is 0. The molecule has 1 saturated carbocycles. The lowest BCUT2D eigenvalue weighted by atomic mass is 9.68. The fourth-order valence-corrected chi connectivity index (χ4v) is 3.54. The van der Waals surface area contributed by atoms with Crippen molar-refractivity contribution in [2.75, 3.05) is 19.7 Å². The molecule has 1 aromatic carbocycles. The average Bonchev–Trinajstić information content (AvgIpc) is 2.52. The van der Waals surface area contributed by atoms with Crippen molar-refractivity contribution in [3.05, 3.63) is 34.9 Å². The molecule has 0 saturated heterocycles. The second-order valence-corrected chi connectivity index (χ2v) is 6.59. The predicted molar refractivity (Wildman–Crippen MR) is 96.0 cm³/mol. The Kier molecular flexibility index (Phi) is 8.73. The van der Waals surface area contributed by atoms with Gasteiger partial charge in [-0.15, -0.1) is 12.4 Å². The van der Waals surface area contributed by atoms with Gasteiger partial charge in [0.2, 0.25) is 0 Å². The first-order chi connectivity index (χ1) is 10.2. The number of aliphatic hydroxyl groups excluding tert-OH is 1. The van der Waals surface area contributed by atoms with Gasteiger partial charge in [-0.2, -0.15) is 0 Å². The first kappa shape index (κ1) is 19.7. The van der Waals surface area contributed by atoms with E-state index in [2.05, 4.69) is 17.4 Å². The van der Waals surface area contributed by atoms with Crippen LogP contribution in [0.5, 0.6) is 0 Å². The van der Waals surface area contributed by atoms with E-state index < -0.39 is 0 Å². The minimum atomic E-state index is 0. The highest BCUT2D eigenvalue weighted by Crippen LogP contribution is 2.39. The Labute approximate surface area is 145 Å². The molecule has 22 heavy (non-hydrogen) atoms. The van der Waals surface area contributed by atoms with Crippen LogP contribution in [0.1, 0.15) is 44.1 Å². The van der Waals surface area contributed by atoms with E-state index in [1.165, 1.54) is 5.56 Å². The lowest BCUT2D eigenvalue weighted by Crippen LogP contribution is -2.44. The van der Waals surface area contributed by atoms with E-state index >= 15 is 0 Å². The van der Waals surface area contributed by atoms with Crippen molar-refractivity contribution in [2.24, 2.45) is 5.73 Å². The van der Waals surface area contributed by atoms with Crippen LogP contribution in [0, 0.1) is 0 Å². The maximum absolute atomic E-state index is 8.80. The van der Waals surface area contributed by atoms with Crippen molar-refractivity contribution in [1.82, 2.24) is 5.32 Å². The molecule has 4 N–H and O–H groups in total. The molecule has 0 amide bonds. The Morgan fingerprint density at radius 2 is 2.00 bits per heavy atom. The standard InChI is InChI=1S/C17H27ClN2O.ClH/c18-15-5-3-4-14(12-15)17(13-19)8-6-16(7-9-17)20-10-1-2-11-21;/h3-5,12,16,20-21H,1-2,6-11,13,19H2;1H/t16-,17-;. The number of nitrogens with two attached hydrogens (primary N) is 1. The van der Waals surface area contributed by atoms with E-state index in [9.17, 15) is 0 Å². The number of benzene rings is 1. The molecular formula is C17H28Cl2N2O. The predicted octanol–water partition coefficient (Wildman–Crippen LogP) is 3.26. The topological polar surface area (TPSA) is 58.3 Å². The first-order valence-corrected chi connectivity index (χ1v) is 8.38. The third kappa shape index (κ3) is 5.10. The maximum Gasteiger partial charge on any atom is 0.0431 e. The molecule has 0 unspecified atom stereocenters. The third-order valence-corrected chi connectivity index (χ3v) is 5.02. The summed E-state index contributed by atoms with van der Waals surface area (Å²) < 4.78 is 0. The fraction of sp³-hybridized carbons (Fsp3) is 0.647. The fourth-order valence-electron chi connectivity index (χ4n) is 3.35. The Bertz CT molecular complexity index is 434. The Balaban J connectivity index is 0.00000242. The van der Waals surface area contributed by atoms with Crippen molar-refractivity contribution < 1.29 is 5.11 Å². The second kappa shape index (κ2) is 9.74. The summed E-state index contributed by atoms with van der Waals surface area (Å²) in [5.41, 5.74) is 7.49. The molecule has 1 aromatic rings. The molecule has 0 radical (unpaired) electrons. The van der Waals surface area contributed by atoms with Crippen LogP contribution in [0.3, 0.4) is 0 Å². The molecule has 2 rings (SSSR count). The van der Waals surface area contributed by atoms with E-state index in [1.54, 1.807) is 0 Å². The van der Waals surface area contributed by atoms with Gasteiger partial charge in [0, 0.05) is 29.6 Å². The number of nitrogens with one attached hydrogen (secondary N) is 1. The van der Waals surface area contributed by atoms with Crippen LogP contribution >= 0.6 is 24.0 Å². The van der Waals surface area contributed by atoms with Crippen LogP contribution in [0.25, 0.3) is 0 Å². The highest BCUT2D eigenvalue weighted by molar-refractivity contribution is 6.30. The van der Waals surface area contributed by atoms with Crippen LogP contribution in [-0.4, -0.2) is 30.8 Å². The monoisotopic (exact) mass is 346 g/mol. The van der Waals surface area contributed by atoms with Crippen LogP contribution in [-0.2, 0) is 5.41 Å². The van der Waals surface area contributed by atoms with Gasteiger partial charge in [-0.3, -0.25) is 0 Å². The molecule has 0 heterocycles. The van der Waals surface area contributed by atoms with E-state index in [1.807, 2.05) is 12.1 Å². The molecule has 3 nitrogen and oxygen atoms in total. The lowest BCUT2D eigenvalue weighted by Gasteiger charge is -2.40. The summed E-state index contributed by atoms with van der Waals surface area (Å²) in [5, 5.41) is 13.2. The van der Waals surface area contributed by atoms with Crippen molar-refractivity contribution in [1.29, 1.82) is 0 Å². The van der Waals surface area contributed by atoms with Gasteiger partial charge >= 0.3 is 0 Å². The zero-order chi connectivity index (χ0) is 15.1. The number of rotatable bonds is 7. The first-order valence-electron chi connectivity index (χ1n) is 8.00. The molecule has 1 aliphatic rings. The van der Waals surface area contributed by atoms with Crippen molar-refractivity contribution in [3.63, 3.8) is 0 Å².